The Morgan fingerprint density at radius 1 is 1.39 bits per heavy atom. The second-order valence-electron chi connectivity index (χ2n) is 5.34. The first kappa shape index (κ1) is 14.7. The summed E-state index contributed by atoms with van der Waals surface area (Å²) in [7, 11) is 1.98. The van der Waals surface area contributed by atoms with Crippen LogP contribution in [0.4, 0.5) is 0 Å². The normalized spacial score (nSPS) is 13.4. The molecule has 3 heteroatoms. The number of nitriles is 1. The molecule has 0 saturated heterocycles. The summed E-state index contributed by atoms with van der Waals surface area (Å²) in [5.74, 6) is 0. The van der Waals surface area contributed by atoms with Crippen LogP contribution >= 0.6 is 0 Å². The van der Waals surface area contributed by atoms with Crippen molar-refractivity contribution in [3.05, 3.63) is 35.4 Å². The maximum Gasteiger partial charge on any atom is 0.0769 e. The van der Waals surface area contributed by atoms with E-state index in [1.807, 2.05) is 46.0 Å². The average Bonchev–Trinajstić information content (AvgIpc) is 2.38. The Balaban J connectivity index is 3.01. The number of hydrogen-bond donors (Lipinski definition) is 1. The third kappa shape index (κ3) is 3.32. The van der Waals surface area contributed by atoms with Gasteiger partial charge in [-0.2, -0.15) is 5.26 Å². The summed E-state index contributed by atoms with van der Waals surface area (Å²) in [5.41, 5.74) is 1.72. The zero-order valence-corrected chi connectivity index (χ0v) is 11.6. The lowest BCUT2D eigenvalue weighted by Crippen LogP contribution is -2.32. The molecule has 0 aliphatic rings. The van der Waals surface area contributed by atoms with Crippen molar-refractivity contribution >= 4 is 0 Å². The smallest absolute Gasteiger partial charge is 0.0769 e. The van der Waals surface area contributed by atoms with E-state index >= 15 is 0 Å². The van der Waals surface area contributed by atoms with E-state index in [2.05, 4.69) is 17.0 Å². The highest BCUT2D eigenvalue weighted by Crippen LogP contribution is 2.26. The fraction of sp³-hybridized carbons (Fsp3) is 0.533. The molecule has 1 rings (SSSR count). The molecule has 0 fully saturated rings. The van der Waals surface area contributed by atoms with Crippen LogP contribution in [0.2, 0.25) is 0 Å². The summed E-state index contributed by atoms with van der Waals surface area (Å²) in [6, 6.07) is 10.5. The van der Waals surface area contributed by atoms with Crippen LogP contribution in [0.25, 0.3) is 0 Å². The third-order valence-electron chi connectivity index (χ3n) is 3.41. The van der Waals surface area contributed by atoms with Crippen molar-refractivity contribution in [2.45, 2.75) is 38.8 Å². The fourth-order valence-corrected chi connectivity index (χ4v) is 1.89. The molecule has 0 aliphatic carbocycles. The minimum Gasteiger partial charge on any atom is -0.395 e. The van der Waals surface area contributed by atoms with Crippen LogP contribution in [0.1, 0.15) is 31.9 Å². The Hall–Kier alpha value is -1.37. The number of aliphatic hydroxyl groups excluding tert-OH is 1. The molecule has 1 atom stereocenters. The van der Waals surface area contributed by atoms with Crippen molar-refractivity contribution in [3.8, 4) is 6.07 Å². The maximum absolute atomic E-state index is 9.26. The van der Waals surface area contributed by atoms with Gasteiger partial charge in [0.2, 0.25) is 0 Å². The molecular weight excluding hydrogens is 224 g/mol. The van der Waals surface area contributed by atoms with Crippen LogP contribution in [0, 0.1) is 11.3 Å². The van der Waals surface area contributed by atoms with Gasteiger partial charge in [0.25, 0.3) is 0 Å². The largest absolute Gasteiger partial charge is 0.395 e. The Kier molecular flexibility index (Phi) is 4.89. The monoisotopic (exact) mass is 246 g/mol. The highest BCUT2D eigenvalue weighted by atomic mass is 16.3. The first-order chi connectivity index (χ1) is 8.42. The second kappa shape index (κ2) is 5.99. The molecule has 0 heterocycles. The van der Waals surface area contributed by atoms with Crippen LogP contribution in [0.3, 0.4) is 0 Å². The average molecular weight is 246 g/mol. The molecule has 1 aromatic carbocycles. The molecule has 0 aromatic heterocycles. The van der Waals surface area contributed by atoms with E-state index in [-0.39, 0.29) is 12.6 Å². The molecule has 1 unspecified atom stereocenters. The fourth-order valence-electron chi connectivity index (χ4n) is 1.89. The van der Waals surface area contributed by atoms with Crippen molar-refractivity contribution < 1.29 is 5.11 Å². The Morgan fingerprint density at radius 2 is 2.00 bits per heavy atom. The molecule has 0 amide bonds. The van der Waals surface area contributed by atoms with E-state index in [9.17, 15) is 5.26 Å². The number of benzene rings is 1. The molecule has 0 spiro atoms. The molecule has 0 aliphatic heterocycles. The zero-order chi connectivity index (χ0) is 13.8. The van der Waals surface area contributed by atoms with Gasteiger partial charge in [-0.05, 0) is 38.9 Å². The zero-order valence-electron chi connectivity index (χ0n) is 11.6. The summed E-state index contributed by atoms with van der Waals surface area (Å²) in [6.07, 6.45) is 0. The third-order valence-corrected chi connectivity index (χ3v) is 3.41. The molecule has 0 saturated carbocycles. The van der Waals surface area contributed by atoms with Crippen molar-refractivity contribution in [1.29, 1.82) is 5.26 Å². The van der Waals surface area contributed by atoms with E-state index in [1.165, 1.54) is 0 Å². The highest BCUT2D eigenvalue weighted by Gasteiger charge is 2.23. The summed E-state index contributed by atoms with van der Waals surface area (Å²) in [6.45, 7) is 6.73. The van der Waals surface area contributed by atoms with Gasteiger partial charge in [-0.3, -0.25) is 4.90 Å². The number of rotatable bonds is 5. The number of nitrogens with zero attached hydrogens (tertiary/aromatic N) is 2. The van der Waals surface area contributed by atoms with Gasteiger partial charge in [0, 0.05) is 12.6 Å². The van der Waals surface area contributed by atoms with Crippen molar-refractivity contribution in [1.82, 2.24) is 4.90 Å². The Labute approximate surface area is 110 Å². The maximum atomic E-state index is 9.26. The summed E-state index contributed by atoms with van der Waals surface area (Å²) >= 11 is 0. The minimum absolute atomic E-state index is 0.114. The topological polar surface area (TPSA) is 47.3 Å². The van der Waals surface area contributed by atoms with E-state index in [0.29, 0.717) is 0 Å². The summed E-state index contributed by atoms with van der Waals surface area (Å²) in [5, 5.41) is 18.4. The van der Waals surface area contributed by atoms with Gasteiger partial charge >= 0.3 is 0 Å². The summed E-state index contributed by atoms with van der Waals surface area (Å²) < 4.78 is 0. The van der Waals surface area contributed by atoms with Gasteiger partial charge in [0.1, 0.15) is 0 Å². The van der Waals surface area contributed by atoms with Crippen LogP contribution in [0.5, 0.6) is 0 Å². The standard InChI is InChI=1S/C15H22N2O/c1-12(10-18)17(4)9-13-7-5-6-8-14(13)15(2,3)11-16/h5-8,12,18H,9-10H2,1-4H3. The molecule has 98 valence electrons. The van der Waals surface area contributed by atoms with E-state index in [4.69, 9.17) is 5.11 Å². The molecule has 1 aromatic rings. The Morgan fingerprint density at radius 3 is 2.56 bits per heavy atom. The molecule has 1 N–H and O–H groups in total. The molecule has 0 radical (unpaired) electrons. The van der Waals surface area contributed by atoms with Crippen LogP contribution in [-0.2, 0) is 12.0 Å². The van der Waals surface area contributed by atoms with Crippen molar-refractivity contribution in [2.75, 3.05) is 13.7 Å². The molecule has 18 heavy (non-hydrogen) atoms. The first-order valence-electron chi connectivity index (χ1n) is 6.23. The molecular formula is C15H22N2O. The van der Waals surface area contributed by atoms with E-state index < -0.39 is 5.41 Å². The van der Waals surface area contributed by atoms with Gasteiger partial charge < -0.3 is 5.11 Å². The summed E-state index contributed by atoms with van der Waals surface area (Å²) in [4.78, 5) is 2.09. The lowest BCUT2D eigenvalue weighted by molar-refractivity contribution is 0.153. The molecule has 0 bridgehead atoms. The van der Waals surface area contributed by atoms with E-state index in [0.717, 1.165) is 17.7 Å². The second-order valence-corrected chi connectivity index (χ2v) is 5.34. The van der Waals surface area contributed by atoms with Gasteiger partial charge in [0.15, 0.2) is 0 Å². The van der Waals surface area contributed by atoms with Crippen molar-refractivity contribution in [3.63, 3.8) is 0 Å². The lowest BCUT2D eigenvalue weighted by atomic mass is 9.83. The quantitative estimate of drug-likeness (QED) is 0.867. The van der Waals surface area contributed by atoms with Gasteiger partial charge in [-0.1, -0.05) is 24.3 Å². The van der Waals surface area contributed by atoms with Crippen LogP contribution in [0.15, 0.2) is 24.3 Å². The minimum atomic E-state index is -0.486. The van der Waals surface area contributed by atoms with Gasteiger partial charge in [0.05, 0.1) is 18.1 Å². The van der Waals surface area contributed by atoms with E-state index in [1.54, 1.807) is 0 Å². The number of likely N-dealkylation sites (N-methyl/N-ethyl adjacent to an activating group) is 1. The van der Waals surface area contributed by atoms with Gasteiger partial charge in [-0.15, -0.1) is 0 Å². The van der Waals surface area contributed by atoms with Crippen molar-refractivity contribution in [2.24, 2.45) is 0 Å². The number of hydrogen-bond acceptors (Lipinski definition) is 3. The first-order valence-corrected chi connectivity index (χ1v) is 6.23. The highest BCUT2D eigenvalue weighted by molar-refractivity contribution is 5.37. The Bertz CT molecular complexity index is 434. The van der Waals surface area contributed by atoms with Crippen LogP contribution < -0.4 is 0 Å². The lowest BCUT2D eigenvalue weighted by Gasteiger charge is -2.26. The molecule has 3 nitrogen and oxygen atoms in total. The predicted molar refractivity (Wildman–Crippen MR) is 73.1 cm³/mol. The van der Waals surface area contributed by atoms with Crippen LogP contribution in [-0.4, -0.2) is 29.7 Å². The predicted octanol–water partition coefficient (Wildman–Crippen LogP) is 2.30. The van der Waals surface area contributed by atoms with Gasteiger partial charge in [-0.25, -0.2) is 0 Å². The SMILES string of the molecule is CC(CO)N(C)Cc1ccccc1C(C)(C)C#N. The number of aliphatic hydroxyl groups is 1.